The number of amides is 5. The number of Topliss-reactive ketones (excluding diaryl/α,β-unsaturated/α-hetero) is 1. The number of sulfonamides is 1. The maximum absolute atomic E-state index is 14.6. The molecule has 0 radical (unpaired) electrons. The van der Waals surface area contributed by atoms with Crippen molar-refractivity contribution in [1.82, 2.24) is 30.5 Å². The summed E-state index contributed by atoms with van der Waals surface area (Å²) in [5, 5.41) is 10.9. The Labute approximate surface area is 304 Å². The lowest BCUT2D eigenvalue weighted by molar-refractivity contribution is -0.143. The zero-order valence-corrected chi connectivity index (χ0v) is 32.5. The van der Waals surface area contributed by atoms with E-state index in [4.69, 9.17) is 11.2 Å². The second-order valence-electron chi connectivity index (χ2n) is 15.7. The fraction of sp³-hybridized carbons (Fsp3) is 0.750. The summed E-state index contributed by atoms with van der Waals surface area (Å²) >= 11 is 0. The molecule has 288 valence electrons. The van der Waals surface area contributed by atoms with Crippen LogP contribution < -0.4 is 21.3 Å². The molecule has 51 heavy (non-hydrogen) atoms. The van der Waals surface area contributed by atoms with E-state index >= 15 is 0 Å². The Bertz CT molecular complexity index is 1410. The smallest absolute Gasteiger partial charge is 0.315 e. The average Bonchev–Trinajstić information content (AvgIpc) is 3.45. The molecule has 1 aliphatic heterocycles. The van der Waals surface area contributed by atoms with Gasteiger partial charge in [-0.2, -0.15) is 0 Å². The monoisotopic (exact) mass is 736 g/mol. The number of likely N-dealkylation sites (tertiary alicyclic amines) is 1. The summed E-state index contributed by atoms with van der Waals surface area (Å²) in [6.07, 6.45) is 11.8. The van der Waals surface area contributed by atoms with Crippen LogP contribution in [-0.2, 0) is 33.9 Å². The van der Waals surface area contributed by atoms with E-state index in [9.17, 15) is 32.4 Å². The van der Waals surface area contributed by atoms with E-state index in [1.807, 2.05) is 41.5 Å². The largest absolute Gasteiger partial charge is 0.371 e. The van der Waals surface area contributed by atoms with E-state index in [2.05, 4.69) is 33.8 Å². The Hall–Kier alpha value is -3.48. The van der Waals surface area contributed by atoms with Gasteiger partial charge >= 0.3 is 6.03 Å². The van der Waals surface area contributed by atoms with Gasteiger partial charge in [-0.25, -0.2) is 17.5 Å². The number of carbonyl (C=O) groups excluding carboxylic acids is 5. The Morgan fingerprint density at radius 2 is 1.67 bits per heavy atom. The SMILES string of the molecule is C#CCCC(NC(=O)[C@@H]1C[C@@H](OC(C)(C)C)CN1C(=O)[C@@H](NC(=O)N[C@H](CN(C)S(C)(=O)=O)C(C)(C)C)C1CCCCC1)C(=O)C(=O)NCC=C. The van der Waals surface area contributed by atoms with Crippen LogP contribution in [0.4, 0.5) is 4.79 Å². The molecule has 4 N–H and O–H groups in total. The maximum Gasteiger partial charge on any atom is 0.315 e. The zero-order valence-electron chi connectivity index (χ0n) is 31.7. The van der Waals surface area contributed by atoms with Gasteiger partial charge in [0.2, 0.25) is 27.6 Å². The Kier molecular flexibility index (Phi) is 16.1. The molecular weight excluding hydrogens is 676 g/mol. The highest BCUT2D eigenvalue weighted by Crippen LogP contribution is 2.31. The molecule has 0 spiro atoms. The van der Waals surface area contributed by atoms with Crippen molar-refractivity contribution in [1.29, 1.82) is 0 Å². The number of terminal acetylenes is 1. The second-order valence-corrected chi connectivity index (χ2v) is 17.8. The van der Waals surface area contributed by atoms with Gasteiger partial charge in [-0.1, -0.05) is 46.1 Å². The zero-order chi connectivity index (χ0) is 38.7. The van der Waals surface area contributed by atoms with Crippen molar-refractivity contribution in [3.8, 4) is 12.3 Å². The van der Waals surface area contributed by atoms with Crippen molar-refractivity contribution in [2.24, 2.45) is 11.3 Å². The van der Waals surface area contributed by atoms with Gasteiger partial charge in [0.15, 0.2) is 0 Å². The minimum Gasteiger partial charge on any atom is -0.371 e. The average molecular weight is 737 g/mol. The summed E-state index contributed by atoms with van der Waals surface area (Å²) < 4.78 is 31.8. The lowest BCUT2D eigenvalue weighted by Crippen LogP contribution is -2.60. The predicted molar refractivity (Wildman–Crippen MR) is 196 cm³/mol. The Morgan fingerprint density at radius 3 is 2.20 bits per heavy atom. The van der Waals surface area contributed by atoms with Crippen molar-refractivity contribution in [2.45, 2.75) is 129 Å². The summed E-state index contributed by atoms with van der Waals surface area (Å²) in [4.78, 5) is 69.3. The molecule has 5 atom stereocenters. The van der Waals surface area contributed by atoms with Gasteiger partial charge in [0.05, 0.1) is 24.0 Å². The molecule has 1 unspecified atom stereocenters. The van der Waals surface area contributed by atoms with Gasteiger partial charge in [0, 0.05) is 45.6 Å². The maximum atomic E-state index is 14.6. The van der Waals surface area contributed by atoms with E-state index in [0.29, 0.717) is 12.8 Å². The lowest BCUT2D eigenvalue weighted by Gasteiger charge is -2.37. The molecule has 0 aromatic carbocycles. The minimum absolute atomic E-state index is 0.0149. The number of ether oxygens (including phenoxy) is 1. The number of nitrogens with one attached hydrogen (secondary N) is 4. The number of hydrogen-bond donors (Lipinski definition) is 4. The van der Waals surface area contributed by atoms with E-state index in [1.54, 1.807) is 0 Å². The molecule has 5 amide bonds. The van der Waals surface area contributed by atoms with Gasteiger partial charge in [0.1, 0.15) is 12.1 Å². The molecule has 1 aliphatic carbocycles. The van der Waals surface area contributed by atoms with Crippen molar-refractivity contribution in [3.63, 3.8) is 0 Å². The summed E-state index contributed by atoms with van der Waals surface area (Å²) in [6, 6.07) is -4.52. The van der Waals surface area contributed by atoms with Gasteiger partial charge in [0.25, 0.3) is 5.91 Å². The van der Waals surface area contributed by atoms with Gasteiger partial charge in [-0.05, 0) is 51.4 Å². The van der Waals surface area contributed by atoms with Gasteiger partial charge < -0.3 is 30.9 Å². The van der Waals surface area contributed by atoms with Crippen LogP contribution >= 0.6 is 0 Å². The minimum atomic E-state index is -3.53. The van der Waals surface area contributed by atoms with Crippen LogP contribution in [0, 0.1) is 23.7 Å². The second kappa shape index (κ2) is 18.8. The first-order valence-corrected chi connectivity index (χ1v) is 19.6. The molecule has 0 aromatic heterocycles. The third kappa shape index (κ3) is 13.9. The highest BCUT2D eigenvalue weighted by Gasteiger charge is 2.46. The molecule has 1 saturated heterocycles. The highest BCUT2D eigenvalue weighted by atomic mass is 32.2. The fourth-order valence-electron chi connectivity index (χ4n) is 6.35. The molecule has 0 aromatic rings. The van der Waals surface area contributed by atoms with Crippen LogP contribution in [0.25, 0.3) is 0 Å². The molecule has 14 nitrogen and oxygen atoms in total. The molecule has 2 rings (SSSR count). The number of hydrogen-bond acceptors (Lipinski definition) is 8. The van der Waals surface area contributed by atoms with Crippen LogP contribution in [0.15, 0.2) is 12.7 Å². The number of carbonyl (C=O) groups is 5. The number of nitrogens with zero attached hydrogens (tertiary/aromatic N) is 2. The molecular formula is C36H60N6O8S. The van der Waals surface area contributed by atoms with Crippen LogP contribution in [0.3, 0.4) is 0 Å². The molecule has 15 heteroatoms. The summed E-state index contributed by atoms with van der Waals surface area (Å²) in [6.45, 7) is 14.9. The third-order valence-corrected chi connectivity index (χ3v) is 10.5. The Balaban J connectivity index is 2.44. The van der Waals surface area contributed by atoms with Gasteiger partial charge in [-0.3, -0.25) is 19.2 Å². The Morgan fingerprint density at radius 1 is 1.04 bits per heavy atom. The van der Waals surface area contributed by atoms with Crippen LogP contribution in [-0.4, -0.2) is 116 Å². The van der Waals surface area contributed by atoms with Crippen LogP contribution in [0.5, 0.6) is 0 Å². The van der Waals surface area contributed by atoms with Crippen molar-refractivity contribution < 1.29 is 37.1 Å². The predicted octanol–water partition coefficient (Wildman–Crippen LogP) is 2.09. The van der Waals surface area contributed by atoms with E-state index in [0.717, 1.165) is 25.5 Å². The van der Waals surface area contributed by atoms with E-state index in [1.165, 1.54) is 22.3 Å². The number of urea groups is 1. The van der Waals surface area contributed by atoms with Crippen molar-refractivity contribution in [2.75, 3.05) is 32.9 Å². The van der Waals surface area contributed by atoms with Crippen molar-refractivity contribution in [3.05, 3.63) is 12.7 Å². The van der Waals surface area contributed by atoms with Crippen molar-refractivity contribution >= 4 is 39.6 Å². The number of ketones is 1. The van der Waals surface area contributed by atoms with E-state index in [-0.39, 0.29) is 44.8 Å². The molecule has 1 saturated carbocycles. The first-order chi connectivity index (χ1) is 23.6. The van der Waals surface area contributed by atoms with Gasteiger partial charge in [-0.15, -0.1) is 18.9 Å². The lowest BCUT2D eigenvalue weighted by atomic mass is 9.83. The number of likely N-dealkylation sites (N-methyl/N-ethyl adjacent to an activating group) is 1. The first kappa shape index (κ1) is 43.7. The molecule has 0 bridgehead atoms. The molecule has 1 heterocycles. The quantitative estimate of drug-likeness (QED) is 0.106. The normalized spacial score (nSPS) is 20.4. The molecule has 2 aliphatic rings. The summed E-state index contributed by atoms with van der Waals surface area (Å²) in [5.74, 6) is -0.649. The highest BCUT2D eigenvalue weighted by molar-refractivity contribution is 7.88. The first-order valence-electron chi connectivity index (χ1n) is 17.7. The van der Waals surface area contributed by atoms with Crippen LogP contribution in [0.1, 0.15) is 92.9 Å². The standard InChI is InChI=1S/C36H60N6O8S/c1-11-13-19-26(30(43)32(45)37-20-12-2)38-31(44)27-21-25(50-36(6,7)8)22-42(27)33(46)29(24-17-15-14-16-18-24)40-34(47)39-28(35(3,4)5)23-41(9)51(10,48)49/h1,12,24-29H,2,13-23H2,3-10H3,(H,37,45)(H,38,44)(H2,39,40,47)/t25-,26?,27+,28-,29+/m1/s1. The van der Waals surface area contributed by atoms with Crippen LogP contribution in [0.2, 0.25) is 0 Å². The summed E-state index contributed by atoms with van der Waals surface area (Å²) in [5.41, 5.74) is -1.13. The topological polar surface area (TPSA) is 183 Å². The summed E-state index contributed by atoms with van der Waals surface area (Å²) in [7, 11) is -2.09. The molecule has 2 fully saturated rings. The van der Waals surface area contributed by atoms with E-state index < -0.39 is 80.8 Å². The fourth-order valence-corrected chi connectivity index (χ4v) is 6.77. The third-order valence-electron chi connectivity index (χ3n) is 9.24. The number of rotatable bonds is 16.